The molecule has 1 aliphatic carbocycles. The first-order valence-corrected chi connectivity index (χ1v) is 15.6. The molecule has 0 bridgehead atoms. The Kier molecular flexibility index (Phi) is 7.25. The lowest BCUT2D eigenvalue weighted by Crippen LogP contribution is -2.43. The summed E-state index contributed by atoms with van der Waals surface area (Å²) in [6.45, 7) is 15.2. The summed E-state index contributed by atoms with van der Waals surface area (Å²) in [4.78, 5) is 0. The number of benzene rings is 1. The van der Waals surface area contributed by atoms with Crippen LogP contribution in [0.3, 0.4) is 0 Å². The Morgan fingerprint density at radius 2 is 1.78 bits per heavy atom. The highest BCUT2D eigenvalue weighted by molar-refractivity contribution is 9.10. The van der Waals surface area contributed by atoms with Gasteiger partial charge < -0.3 is 4.74 Å². The zero-order valence-electron chi connectivity index (χ0n) is 20.7. The third kappa shape index (κ3) is 4.12. The van der Waals surface area contributed by atoms with Crippen LogP contribution in [-0.2, 0) is 11.2 Å². The molecule has 2 aromatic rings. The molecule has 2 aliphatic rings. The minimum absolute atomic E-state index is 0.0696. The van der Waals surface area contributed by atoms with Crippen molar-refractivity contribution in [3.05, 3.63) is 27.9 Å². The van der Waals surface area contributed by atoms with Crippen LogP contribution in [0.15, 0.2) is 16.7 Å². The third-order valence-corrected chi connectivity index (χ3v) is 15.2. The topological polar surface area (TPSA) is 27.1 Å². The summed E-state index contributed by atoms with van der Waals surface area (Å²) in [7, 11) is -1.73. The fraction of sp³-hybridized carbons (Fsp3) is 0.667. The zero-order valence-corrected chi connectivity index (χ0v) is 23.3. The van der Waals surface area contributed by atoms with Gasteiger partial charge in [0.2, 0.25) is 0 Å². The average Bonchev–Trinajstić information content (AvgIpc) is 3.18. The standard InChI is InChI=1S/C27H39BrN2OSi/c1-18(2)32(19(3)4,20(5)6)15-13-21-10-9-11-22-16-24-23(27(28)26(21)22)17-29-30(24)25-12-7-8-14-31-25/h16-21,25H,7-12,14H2,1-6H3/t21-,25?/m0/s1. The van der Waals surface area contributed by atoms with E-state index in [-0.39, 0.29) is 6.23 Å². The molecule has 1 aromatic carbocycles. The number of rotatable bonds is 4. The fourth-order valence-electron chi connectivity index (χ4n) is 6.37. The second-order valence-corrected chi connectivity index (χ2v) is 17.1. The van der Waals surface area contributed by atoms with Crippen LogP contribution < -0.4 is 0 Å². The van der Waals surface area contributed by atoms with Crippen LogP contribution in [0.2, 0.25) is 16.6 Å². The zero-order chi connectivity index (χ0) is 23.0. The van der Waals surface area contributed by atoms with Crippen LogP contribution in [0.25, 0.3) is 10.9 Å². The maximum absolute atomic E-state index is 6.05. The summed E-state index contributed by atoms with van der Waals surface area (Å²) < 4.78 is 9.37. The van der Waals surface area contributed by atoms with Crippen molar-refractivity contribution >= 4 is 34.9 Å². The molecule has 0 radical (unpaired) electrons. The first-order chi connectivity index (χ1) is 15.3. The largest absolute Gasteiger partial charge is 0.356 e. The highest BCUT2D eigenvalue weighted by atomic mass is 79.9. The summed E-state index contributed by atoms with van der Waals surface area (Å²) >= 11 is 4.00. The van der Waals surface area contributed by atoms with Gasteiger partial charge in [0, 0.05) is 22.4 Å². The van der Waals surface area contributed by atoms with E-state index in [1.165, 1.54) is 39.3 Å². The first kappa shape index (κ1) is 24.0. The van der Waals surface area contributed by atoms with E-state index < -0.39 is 8.07 Å². The lowest BCUT2D eigenvalue weighted by atomic mass is 9.82. The van der Waals surface area contributed by atoms with Crippen LogP contribution in [0.1, 0.15) is 96.9 Å². The van der Waals surface area contributed by atoms with E-state index in [4.69, 9.17) is 9.84 Å². The molecule has 0 N–H and O–H groups in total. The second-order valence-electron chi connectivity index (χ2n) is 10.7. The summed E-state index contributed by atoms with van der Waals surface area (Å²) in [5.41, 5.74) is 10.1. The number of hydrogen-bond acceptors (Lipinski definition) is 2. The molecular formula is C27H39BrN2OSi. The molecule has 2 atom stereocenters. The van der Waals surface area contributed by atoms with Gasteiger partial charge in [-0.05, 0) is 88.3 Å². The molecule has 0 saturated carbocycles. The fourth-order valence-corrected chi connectivity index (χ4v) is 12.5. The maximum atomic E-state index is 6.05. The molecule has 1 aromatic heterocycles. The lowest BCUT2D eigenvalue weighted by Gasteiger charge is -2.38. The monoisotopic (exact) mass is 514 g/mol. The Balaban J connectivity index is 1.77. The number of hydrogen-bond donors (Lipinski definition) is 0. The van der Waals surface area contributed by atoms with Gasteiger partial charge in [0.1, 0.15) is 8.07 Å². The predicted octanol–water partition coefficient (Wildman–Crippen LogP) is 8.14. The molecule has 0 spiro atoms. The number of ether oxygens (including phenoxy) is 1. The summed E-state index contributed by atoms with van der Waals surface area (Å²) in [5.74, 6) is 4.18. The molecule has 1 saturated heterocycles. The van der Waals surface area contributed by atoms with Gasteiger partial charge in [0.25, 0.3) is 0 Å². The molecule has 1 aliphatic heterocycles. The van der Waals surface area contributed by atoms with E-state index in [0.717, 1.165) is 32.3 Å². The molecular weight excluding hydrogens is 476 g/mol. The molecule has 0 amide bonds. The molecule has 32 heavy (non-hydrogen) atoms. The van der Waals surface area contributed by atoms with Gasteiger partial charge in [-0.25, -0.2) is 4.68 Å². The quantitative estimate of drug-likeness (QED) is 0.304. The van der Waals surface area contributed by atoms with E-state index in [2.05, 4.69) is 79.7 Å². The third-order valence-electron chi connectivity index (χ3n) is 8.01. The number of nitrogens with zero attached hydrogens (tertiary/aromatic N) is 2. The molecule has 4 rings (SSSR count). The summed E-state index contributed by atoms with van der Waals surface area (Å²) in [5, 5.41) is 5.96. The van der Waals surface area contributed by atoms with Gasteiger partial charge in [-0.2, -0.15) is 5.10 Å². The van der Waals surface area contributed by atoms with Gasteiger partial charge in [0.15, 0.2) is 6.23 Å². The van der Waals surface area contributed by atoms with Crippen molar-refractivity contribution < 1.29 is 4.74 Å². The van der Waals surface area contributed by atoms with Crippen LogP contribution in [0.5, 0.6) is 0 Å². The van der Waals surface area contributed by atoms with Gasteiger partial charge >= 0.3 is 0 Å². The number of aryl methyl sites for hydroxylation is 1. The van der Waals surface area contributed by atoms with Gasteiger partial charge in [-0.3, -0.25) is 0 Å². The molecule has 2 heterocycles. The van der Waals surface area contributed by atoms with E-state index in [1.807, 2.05) is 6.20 Å². The summed E-state index contributed by atoms with van der Waals surface area (Å²) in [6.07, 6.45) is 8.99. The van der Waals surface area contributed by atoms with Crippen molar-refractivity contribution in [2.45, 2.75) is 109 Å². The van der Waals surface area contributed by atoms with Crippen LogP contribution >= 0.6 is 15.9 Å². The molecule has 5 heteroatoms. The highest BCUT2D eigenvalue weighted by Gasteiger charge is 2.42. The van der Waals surface area contributed by atoms with Crippen LogP contribution in [0, 0.1) is 11.5 Å². The van der Waals surface area contributed by atoms with Crippen LogP contribution in [-0.4, -0.2) is 24.5 Å². The van der Waals surface area contributed by atoms with Gasteiger partial charge in [-0.15, -0.1) is 11.5 Å². The van der Waals surface area contributed by atoms with Crippen LogP contribution in [0.4, 0.5) is 0 Å². The molecule has 1 unspecified atom stereocenters. The van der Waals surface area contributed by atoms with Crippen molar-refractivity contribution in [1.29, 1.82) is 0 Å². The second kappa shape index (κ2) is 9.64. The molecule has 174 valence electrons. The molecule has 1 fully saturated rings. The van der Waals surface area contributed by atoms with Crippen molar-refractivity contribution in [2.24, 2.45) is 0 Å². The Bertz CT molecular complexity index is 1000. The summed E-state index contributed by atoms with van der Waals surface area (Å²) in [6, 6.07) is 2.38. The SMILES string of the molecule is CC(C)[Si](C#C[C@@H]1CCCc2cc3c(cnn3C3CCCCO3)c(Br)c21)(C(C)C)C(C)C. The van der Waals surface area contributed by atoms with Gasteiger partial charge in [0.05, 0.1) is 11.7 Å². The first-order valence-electron chi connectivity index (χ1n) is 12.6. The van der Waals surface area contributed by atoms with E-state index in [0.29, 0.717) is 22.5 Å². The Hall–Kier alpha value is -1.09. The highest BCUT2D eigenvalue weighted by Crippen LogP contribution is 2.44. The Morgan fingerprint density at radius 3 is 2.41 bits per heavy atom. The van der Waals surface area contributed by atoms with Crippen molar-refractivity contribution in [1.82, 2.24) is 9.78 Å². The van der Waals surface area contributed by atoms with Crippen molar-refractivity contribution in [2.75, 3.05) is 6.61 Å². The normalized spacial score (nSPS) is 21.8. The molecule has 3 nitrogen and oxygen atoms in total. The maximum Gasteiger partial charge on any atom is 0.150 e. The van der Waals surface area contributed by atoms with Gasteiger partial charge in [-0.1, -0.05) is 41.5 Å². The van der Waals surface area contributed by atoms with E-state index in [1.54, 1.807) is 0 Å². The number of fused-ring (bicyclic) bond motifs is 2. The van der Waals surface area contributed by atoms with E-state index >= 15 is 0 Å². The Morgan fingerprint density at radius 1 is 1.06 bits per heavy atom. The number of halogens is 1. The minimum atomic E-state index is -1.73. The lowest BCUT2D eigenvalue weighted by molar-refractivity contribution is -0.0366. The Labute approximate surface area is 203 Å². The smallest absolute Gasteiger partial charge is 0.150 e. The average molecular weight is 516 g/mol. The number of aromatic nitrogens is 2. The predicted molar refractivity (Wildman–Crippen MR) is 141 cm³/mol. The van der Waals surface area contributed by atoms with Crippen molar-refractivity contribution in [3.8, 4) is 11.5 Å². The van der Waals surface area contributed by atoms with Crippen molar-refractivity contribution in [3.63, 3.8) is 0 Å². The minimum Gasteiger partial charge on any atom is -0.356 e. The van der Waals surface area contributed by atoms with E-state index in [9.17, 15) is 0 Å².